The van der Waals surface area contributed by atoms with Crippen LogP contribution in [0.1, 0.15) is 22.8 Å². The lowest BCUT2D eigenvalue weighted by atomic mass is 10.1. The van der Waals surface area contributed by atoms with Crippen molar-refractivity contribution in [2.45, 2.75) is 18.7 Å². The Morgan fingerprint density at radius 2 is 1.62 bits per heavy atom. The number of hydrogen-bond acceptors (Lipinski definition) is 3. The molecule has 0 saturated heterocycles. The summed E-state index contributed by atoms with van der Waals surface area (Å²) in [4.78, 5) is 12.7. The normalized spacial score (nSPS) is 11.1. The van der Waals surface area contributed by atoms with Crippen LogP contribution < -0.4 is 9.62 Å². The zero-order valence-corrected chi connectivity index (χ0v) is 17.7. The number of amides is 1. The van der Waals surface area contributed by atoms with Crippen molar-refractivity contribution < 1.29 is 13.2 Å². The molecule has 0 unspecified atom stereocenters. The van der Waals surface area contributed by atoms with Crippen LogP contribution in [0.5, 0.6) is 0 Å². The SMILES string of the molecule is CCN(c1ccccc1)S(=O)(=O)c1ccc(C(=O)Nc2cccc(Cl)c2C)cc1. The standard InChI is InChI=1S/C22H21ClN2O3S/c1-3-25(18-8-5-4-6-9-18)29(27,28)19-14-12-17(13-15-19)22(26)24-21-11-7-10-20(23)16(21)2/h4-15H,3H2,1-2H3,(H,24,26). The summed E-state index contributed by atoms with van der Waals surface area (Å²) in [5, 5.41) is 3.36. The maximum absolute atomic E-state index is 13.0. The molecular formula is C22H21ClN2O3S. The second kappa shape index (κ2) is 8.68. The van der Waals surface area contributed by atoms with Gasteiger partial charge in [0.1, 0.15) is 0 Å². The van der Waals surface area contributed by atoms with E-state index < -0.39 is 10.0 Å². The minimum atomic E-state index is -3.73. The second-order valence-corrected chi connectivity index (χ2v) is 8.67. The molecule has 0 bridgehead atoms. The van der Waals surface area contributed by atoms with Crippen molar-refractivity contribution >= 4 is 38.9 Å². The van der Waals surface area contributed by atoms with Gasteiger partial charge in [0.05, 0.1) is 10.6 Å². The molecule has 7 heteroatoms. The van der Waals surface area contributed by atoms with E-state index in [1.807, 2.05) is 13.0 Å². The van der Waals surface area contributed by atoms with Crippen molar-refractivity contribution in [1.29, 1.82) is 0 Å². The van der Waals surface area contributed by atoms with Crippen molar-refractivity contribution in [2.24, 2.45) is 0 Å². The Hall–Kier alpha value is -2.83. The van der Waals surface area contributed by atoms with Gasteiger partial charge in [0, 0.05) is 22.8 Å². The van der Waals surface area contributed by atoms with E-state index in [2.05, 4.69) is 5.32 Å². The Bertz CT molecular complexity index is 1110. The van der Waals surface area contributed by atoms with Gasteiger partial charge < -0.3 is 5.32 Å². The number of rotatable bonds is 6. The van der Waals surface area contributed by atoms with Crippen LogP contribution in [-0.2, 0) is 10.0 Å². The quantitative estimate of drug-likeness (QED) is 0.592. The Kier molecular flexibility index (Phi) is 6.25. The van der Waals surface area contributed by atoms with Gasteiger partial charge in [-0.15, -0.1) is 0 Å². The predicted octanol–water partition coefficient (Wildman–Crippen LogP) is 5.12. The van der Waals surface area contributed by atoms with Gasteiger partial charge in [-0.05, 0) is 67.9 Å². The molecule has 0 aromatic heterocycles. The first-order valence-electron chi connectivity index (χ1n) is 9.09. The molecule has 0 radical (unpaired) electrons. The number of carbonyl (C=O) groups is 1. The molecule has 3 rings (SSSR count). The van der Waals surface area contributed by atoms with Gasteiger partial charge in [0.2, 0.25) is 0 Å². The first-order valence-corrected chi connectivity index (χ1v) is 10.9. The largest absolute Gasteiger partial charge is 0.322 e. The minimum absolute atomic E-state index is 0.124. The molecular weight excluding hydrogens is 408 g/mol. The second-order valence-electron chi connectivity index (χ2n) is 6.40. The fourth-order valence-corrected chi connectivity index (χ4v) is 4.58. The molecule has 0 fully saturated rings. The summed E-state index contributed by atoms with van der Waals surface area (Å²) in [5.74, 6) is -0.338. The topological polar surface area (TPSA) is 66.5 Å². The molecule has 0 aliphatic heterocycles. The zero-order valence-electron chi connectivity index (χ0n) is 16.1. The molecule has 0 aliphatic carbocycles. The summed E-state index contributed by atoms with van der Waals surface area (Å²) in [6, 6.07) is 20.1. The van der Waals surface area contributed by atoms with Gasteiger partial charge in [-0.25, -0.2) is 8.42 Å². The third-order valence-corrected chi connectivity index (χ3v) is 6.88. The zero-order chi connectivity index (χ0) is 21.0. The summed E-state index contributed by atoms with van der Waals surface area (Å²) in [6.07, 6.45) is 0. The summed E-state index contributed by atoms with van der Waals surface area (Å²) in [7, 11) is -3.73. The first-order chi connectivity index (χ1) is 13.8. The highest BCUT2D eigenvalue weighted by Gasteiger charge is 2.23. The molecule has 0 saturated carbocycles. The van der Waals surface area contributed by atoms with Crippen LogP contribution in [0, 0.1) is 6.92 Å². The number of para-hydroxylation sites is 1. The Balaban J connectivity index is 1.83. The summed E-state index contributed by atoms with van der Waals surface area (Å²) in [6.45, 7) is 3.89. The fourth-order valence-electron chi connectivity index (χ4n) is 2.93. The number of nitrogens with zero attached hydrogens (tertiary/aromatic N) is 1. The average Bonchev–Trinajstić information content (AvgIpc) is 2.72. The summed E-state index contributed by atoms with van der Waals surface area (Å²) >= 11 is 6.09. The number of anilines is 2. The van der Waals surface area contributed by atoms with Crippen LogP contribution in [0.3, 0.4) is 0 Å². The maximum Gasteiger partial charge on any atom is 0.264 e. The highest BCUT2D eigenvalue weighted by Crippen LogP contribution is 2.25. The maximum atomic E-state index is 13.0. The Morgan fingerprint density at radius 1 is 0.966 bits per heavy atom. The molecule has 5 nitrogen and oxygen atoms in total. The van der Waals surface area contributed by atoms with Crippen LogP contribution in [0.25, 0.3) is 0 Å². The van der Waals surface area contributed by atoms with Crippen LogP contribution in [0.4, 0.5) is 11.4 Å². The number of sulfonamides is 1. The van der Waals surface area contributed by atoms with E-state index >= 15 is 0 Å². The monoisotopic (exact) mass is 428 g/mol. The highest BCUT2D eigenvalue weighted by molar-refractivity contribution is 7.92. The van der Waals surface area contributed by atoms with Crippen molar-refractivity contribution in [1.82, 2.24) is 0 Å². The van der Waals surface area contributed by atoms with Crippen LogP contribution >= 0.6 is 11.6 Å². The van der Waals surface area contributed by atoms with Crippen LogP contribution in [-0.4, -0.2) is 20.9 Å². The molecule has 0 heterocycles. The first kappa shape index (κ1) is 20.9. The average molecular weight is 429 g/mol. The van der Waals surface area contributed by atoms with Gasteiger partial charge in [0.25, 0.3) is 15.9 Å². The molecule has 0 atom stereocenters. The van der Waals surface area contributed by atoms with Gasteiger partial charge in [-0.2, -0.15) is 0 Å². The Labute approximate surface area is 176 Å². The molecule has 0 aliphatic rings. The number of benzene rings is 3. The molecule has 1 amide bonds. The molecule has 150 valence electrons. The van der Waals surface area contributed by atoms with E-state index in [0.717, 1.165) is 5.56 Å². The minimum Gasteiger partial charge on any atom is -0.322 e. The number of hydrogen-bond donors (Lipinski definition) is 1. The van der Waals surface area contributed by atoms with Gasteiger partial charge in [0.15, 0.2) is 0 Å². The van der Waals surface area contributed by atoms with E-state index in [1.165, 1.54) is 28.6 Å². The molecule has 3 aromatic carbocycles. The van der Waals surface area contributed by atoms with Crippen molar-refractivity contribution in [3.63, 3.8) is 0 Å². The fraction of sp³-hybridized carbons (Fsp3) is 0.136. The lowest BCUT2D eigenvalue weighted by Gasteiger charge is -2.23. The van der Waals surface area contributed by atoms with Gasteiger partial charge in [-0.1, -0.05) is 35.9 Å². The summed E-state index contributed by atoms with van der Waals surface area (Å²) in [5.41, 5.74) is 2.32. The summed E-state index contributed by atoms with van der Waals surface area (Å²) < 4.78 is 27.4. The van der Waals surface area contributed by atoms with E-state index in [0.29, 0.717) is 28.5 Å². The van der Waals surface area contributed by atoms with E-state index in [9.17, 15) is 13.2 Å². The number of carbonyl (C=O) groups excluding carboxylic acids is 1. The van der Waals surface area contributed by atoms with Crippen molar-refractivity contribution in [2.75, 3.05) is 16.2 Å². The van der Waals surface area contributed by atoms with Crippen LogP contribution in [0.2, 0.25) is 5.02 Å². The van der Waals surface area contributed by atoms with Crippen molar-refractivity contribution in [3.8, 4) is 0 Å². The third-order valence-electron chi connectivity index (χ3n) is 4.55. The van der Waals surface area contributed by atoms with Gasteiger partial charge in [-0.3, -0.25) is 9.10 Å². The predicted molar refractivity (Wildman–Crippen MR) is 117 cm³/mol. The third kappa shape index (κ3) is 4.44. The lowest BCUT2D eigenvalue weighted by molar-refractivity contribution is 0.102. The molecule has 1 N–H and O–H groups in total. The smallest absolute Gasteiger partial charge is 0.264 e. The van der Waals surface area contributed by atoms with Gasteiger partial charge >= 0.3 is 0 Å². The lowest BCUT2D eigenvalue weighted by Crippen LogP contribution is -2.30. The number of halogens is 1. The number of nitrogens with one attached hydrogen (secondary N) is 1. The van der Waals surface area contributed by atoms with Crippen LogP contribution in [0.15, 0.2) is 77.7 Å². The Morgan fingerprint density at radius 3 is 2.24 bits per heavy atom. The molecule has 3 aromatic rings. The van der Waals surface area contributed by atoms with E-state index in [4.69, 9.17) is 11.6 Å². The molecule has 0 spiro atoms. The molecule has 29 heavy (non-hydrogen) atoms. The van der Waals surface area contributed by atoms with E-state index in [1.54, 1.807) is 49.4 Å². The highest BCUT2D eigenvalue weighted by atomic mass is 35.5. The van der Waals surface area contributed by atoms with Crippen molar-refractivity contribution in [3.05, 3.63) is 88.9 Å². The van der Waals surface area contributed by atoms with E-state index in [-0.39, 0.29) is 10.8 Å².